The maximum absolute atomic E-state index is 5.62. The molecule has 130 valence electrons. The molecule has 0 saturated carbocycles. The predicted octanol–water partition coefficient (Wildman–Crippen LogP) is 3.07. The highest BCUT2D eigenvalue weighted by Gasteiger charge is 2.15. The first-order valence-corrected chi connectivity index (χ1v) is 10.0. The molecule has 0 amide bonds. The first-order chi connectivity index (χ1) is 11.7. The number of aliphatic imine (C=N–C) groups is 1. The van der Waals surface area contributed by atoms with Crippen LogP contribution in [0.25, 0.3) is 10.6 Å². The van der Waals surface area contributed by atoms with Gasteiger partial charge in [-0.05, 0) is 38.3 Å². The standard InChI is InChI=1S/C17H24N4OS2/c1-12-21-15(11-23-12)16-6-5-14(24-16)7-8-19-17(18-2)20-10-13-4-3-9-22-13/h5-6,11,13H,3-4,7-10H2,1-2H3,(H2,18,19,20). The minimum atomic E-state index is 0.324. The maximum Gasteiger partial charge on any atom is 0.191 e. The van der Waals surface area contributed by atoms with E-state index in [2.05, 4.69) is 38.1 Å². The summed E-state index contributed by atoms with van der Waals surface area (Å²) in [4.78, 5) is 11.4. The number of aryl methyl sites for hydroxylation is 1. The number of nitrogens with one attached hydrogen (secondary N) is 2. The van der Waals surface area contributed by atoms with Crippen molar-refractivity contribution in [3.05, 3.63) is 27.4 Å². The molecule has 2 N–H and O–H groups in total. The zero-order valence-electron chi connectivity index (χ0n) is 14.2. The average Bonchev–Trinajstić information content (AvgIpc) is 3.32. The summed E-state index contributed by atoms with van der Waals surface area (Å²) < 4.78 is 5.62. The van der Waals surface area contributed by atoms with Crippen molar-refractivity contribution in [3.63, 3.8) is 0 Å². The van der Waals surface area contributed by atoms with Crippen LogP contribution in [0.5, 0.6) is 0 Å². The molecular weight excluding hydrogens is 340 g/mol. The fourth-order valence-electron chi connectivity index (χ4n) is 2.67. The van der Waals surface area contributed by atoms with E-state index in [0.717, 1.165) is 55.6 Å². The summed E-state index contributed by atoms with van der Waals surface area (Å²) in [5.74, 6) is 0.845. The molecular formula is C17H24N4OS2. The fraction of sp³-hybridized carbons (Fsp3) is 0.529. The minimum Gasteiger partial charge on any atom is -0.376 e. The molecule has 5 nitrogen and oxygen atoms in total. The second kappa shape index (κ2) is 8.60. The maximum atomic E-state index is 5.62. The van der Waals surface area contributed by atoms with Gasteiger partial charge in [0.2, 0.25) is 0 Å². The molecule has 2 aromatic rings. The van der Waals surface area contributed by atoms with E-state index in [4.69, 9.17) is 4.74 Å². The Labute approximate surface area is 151 Å². The van der Waals surface area contributed by atoms with E-state index < -0.39 is 0 Å². The molecule has 0 radical (unpaired) electrons. The Morgan fingerprint density at radius 2 is 2.33 bits per heavy atom. The van der Waals surface area contributed by atoms with Crippen molar-refractivity contribution in [3.8, 4) is 10.6 Å². The summed E-state index contributed by atoms with van der Waals surface area (Å²) >= 11 is 3.51. The average molecular weight is 365 g/mol. The van der Waals surface area contributed by atoms with Crippen LogP contribution in [0.1, 0.15) is 22.7 Å². The van der Waals surface area contributed by atoms with E-state index in [1.165, 1.54) is 9.75 Å². The molecule has 7 heteroatoms. The predicted molar refractivity (Wildman–Crippen MR) is 102 cm³/mol. The number of hydrogen-bond acceptors (Lipinski definition) is 5. The number of thiazole rings is 1. The van der Waals surface area contributed by atoms with Gasteiger partial charge in [-0.2, -0.15) is 0 Å². The third-order valence-corrected chi connectivity index (χ3v) is 5.88. The highest BCUT2D eigenvalue weighted by atomic mass is 32.1. The Balaban J connectivity index is 1.42. The van der Waals surface area contributed by atoms with Crippen molar-refractivity contribution in [2.75, 3.05) is 26.7 Å². The Kier molecular flexibility index (Phi) is 6.23. The van der Waals surface area contributed by atoms with E-state index >= 15 is 0 Å². The first-order valence-electron chi connectivity index (χ1n) is 8.32. The molecule has 1 aliphatic heterocycles. The molecule has 0 bridgehead atoms. The van der Waals surface area contributed by atoms with Crippen molar-refractivity contribution in [2.24, 2.45) is 4.99 Å². The highest BCUT2D eigenvalue weighted by Crippen LogP contribution is 2.29. The second-order valence-electron chi connectivity index (χ2n) is 5.78. The van der Waals surface area contributed by atoms with Gasteiger partial charge in [0.25, 0.3) is 0 Å². The number of guanidine groups is 1. The number of aromatic nitrogens is 1. The molecule has 1 saturated heterocycles. The summed E-state index contributed by atoms with van der Waals surface area (Å²) in [6, 6.07) is 4.36. The van der Waals surface area contributed by atoms with Gasteiger partial charge in [0.1, 0.15) is 0 Å². The zero-order valence-corrected chi connectivity index (χ0v) is 15.8. The molecule has 1 fully saturated rings. The Bertz CT molecular complexity index is 674. The summed E-state index contributed by atoms with van der Waals surface area (Å²) in [6.07, 6.45) is 3.61. The van der Waals surface area contributed by atoms with Gasteiger partial charge in [0, 0.05) is 37.0 Å². The minimum absolute atomic E-state index is 0.324. The monoisotopic (exact) mass is 364 g/mol. The van der Waals surface area contributed by atoms with E-state index in [1.54, 1.807) is 18.4 Å². The largest absolute Gasteiger partial charge is 0.376 e. The summed E-state index contributed by atoms with van der Waals surface area (Å²) in [5, 5.41) is 9.95. The van der Waals surface area contributed by atoms with Crippen molar-refractivity contribution < 1.29 is 4.74 Å². The molecule has 0 spiro atoms. The Morgan fingerprint density at radius 1 is 1.42 bits per heavy atom. The van der Waals surface area contributed by atoms with Crippen molar-refractivity contribution in [1.82, 2.24) is 15.6 Å². The summed E-state index contributed by atoms with van der Waals surface area (Å²) in [5.41, 5.74) is 1.09. The smallest absolute Gasteiger partial charge is 0.191 e. The van der Waals surface area contributed by atoms with Crippen LogP contribution in [-0.2, 0) is 11.2 Å². The quantitative estimate of drug-likeness (QED) is 0.611. The number of thiophene rings is 1. The lowest BCUT2D eigenvalue weighted by atomic mass is 10.2. The topological polar surface area (TPSA) is 58.5 Å². The molecule has 3 rings (SSSR count). The van der Waals surface area contributed by atoms with E-state index in [-0.39, 0.29) is 0 Å². The van der Waals surface area contributed by atoms with Crippen molar-refractivity contribution in [2.45, 2.75) is 32.3 Å². The molecule has 2 aromatic heterocycles. The van der Waals surface area contributed by atoms with E-state index in [1.807, 2.05) is 18.3 Å². The zero-order chi connectivity index (χ0) is 16.8. The van der Waals surface area contributed by atoms with Crippen LogP contribution in [0.3, 0.4) is 0 Å². The van der Waals surface area contributed by atoms with Gasteiger partial charge in [0.05, 0.1) is 21.7 Å². The van der Waals surface area contributed by atoms with Gasteiger partial charge in [0.15, 0.2) is 5.96 Å². The lowest BCUT2D eigenvalue weighted by Crippen LogP contribution is -2.41. The molecule has 3 heterocycles. The van der Waals surface area contributed by atoms with Gasteiger partial charge in [-0.3, -0.25) is 4.99 Å². The molecule has 0 aliphatic carbocycles. The van der Waals surface area contributed by atoms with Crippen molar-refractivity contribution >= 4 is 28.6 Å². The second-order valence-corrected chi connectivity index (χ2v) is 8.01. The lowest BCUT2D eigenvalue weighted by molar-refractivity contribution is 0.114. The summed E-state index contributed by atoms with van der Waals surface area (Å²) in [7, 11) is 1.80. The SMILES string of the molecule is CN=C(NCCc1ccc(-c2csc(C)n2)s1)NCC1CCCO1. The third kappa shape index (κ3) is 4.78. The fourth-order valence-corrected chi connectivity index (χ4v) is 4.32. The van der Waals surface area contributed by atoms with Crippen LogP contribution < -0.4 is 10.6 Å². The van der Waals surface area contributed by atoms with Crippen LogP contribution in [0.2, 0.25) is 0 Å². The molecule has 1 aliphatic rings. The van der Waals surface area contributed by atoms with E-state index in [9.17, 15) is 0 Å². The van der Waals surface area contributed by atoms with Crippen LogP contribution in [0, 0.1) is 6.92 Å². The number of ether oxygens (including phenoxy) is 1. The summed E-state index contributed by atoms with van der Waals surface area (Å²) in [6.45, 7) is 4.62. The number of rotatable bonds is 6. The van der Waals surface area contributed by atoms with Gasteiger partial charge < -0.3 is 15.4 Å². The van der Waals surface area contributed by atoms with Crippen LogP contribution in [0.15, 0.2) is 22.5 Å². The molecule has 1 atom stereocenters. The van der Waals surface area contributed by atoms with Gasteiger partial charge in [-0.25, -0.2) is 4.98 Å². The van der Waals surface area contributed by atoms with Crippen LogP contribution >= 0.6 is 22.7 Å². The molecule has 0 aromatic carbocycles. The lowest BCUT2D eigenvalue weighted by Gasteiger charge is -2.14. The Morgan fingerprint density at radius 3 is 3.04 bits per heavy atom. The van der Waals surface area contributed by atoms with Crippen molar-refractivity contribution in [1.29, 1.82) is 0 Å². The van der Waals surface area contributed by atoms with Gasteiger partial charge in [-0.15, -0.1) is 22.7 Å². The van der Waals surface area contributed by atoms with Crippen LogP contribution in [0.4, 0.5) is 0 Å². The first kappa shape index (κ1) is 17.4. The molecule has 24 heavy (non-hydrogen) atoms. The number of hydrogen-bond donors (Lipinski definition) is 2. The number of nitrogens with zero attached hydrogens (tertiary/aromatic N) is 2. The third-order valence-electron chi connectivity index (χ3n) is 3.94. The Hall–Kier alpha value is -1.44. The normalized spacial score (nSPS) is 18.1. The molecule has 1 unspecified atom stereocenters. The van der Waals surface area contributed by atoms with Crippen LogP contribution in [-0.4, -0.2) is 43.8 Å². The van der Waals surface area contributed by atoms with Gasteiger partial charge >= 0.3 is 0 Å². The van der Waals surface area contributed by atoms with E-state index in [0.29, 0.717) is 6.10 Å². The van der Waals surface area contributed by atoms with Gasteiger partial charge in [-0.1, -0.05) is 0 Å². The highest BCUT2D eigenvalue weighted by molar-refractivity contribution is 7.16.